The van der Waals surface area contributed by atoms with E-state index in [1.54, 1.807) is 12.0 Å². The van der Waals surface area contributed by atoms with E-state index in [0.29, 0.717) is 0 Å². The molecule has 1 aliphatic carbocycles. The van der Waals surface area contributed by atoms with Gasteiger partial charge in [0.2, 0.25) is 6.29 Å². The molecule has 112 valence electrons. The van der Waals surface area contributed by atoms with Gasteiger partial charge in [-0.1, -0.05) is 18.2 Å². The van der Waals surface area contributed by atoms with Crippen LogP contribution in [0.1, 0.15) is 38.2 Å². The molecule has 4 heteroatoms. The lowest BCUT2D eigenvalue weighted by atomic mass is 9.93. The summed E-state index contributed by atoms with van der Waals surface area (Å²) in [6.45, 7) is 1.93. The van der Waals surface area contributed by atoms with E-state index < -0.39 is 6.29 Å². The van der Waals surface area contributed by atoms with Gasteiger partial charge in [0.1, 0.15) is 6.04 Å². The molecule has 3 rings (SSSR count). The minimum absolute atomic E-state index is 0.123. The molecule has 0 saturated carbocycles. The summed E-state index contributed by atoms with van der Waals surface area (Å²) in [6, 6.07) is 8.03. The summed E-state index contributed by atoms with van der Waals surface area (Å²) in [4.78, 5) is 13.6. The minimum Gasteiger partial charge on any atom is -0.417 e. The van der Waals surface area contributed by atoms with Gasteiger partial charge in [0.15, 0.2) is 0 Å². The van der Waals surface area contributed by atoms with Crippen LogP contribution in [-0.4, -0.2) is 25.5 Å². The number of carbonyl (C=O) groups excluding carboxylic acids is 1. The zero-order chi connectivity index (χ0) is 14.8. The van der Waals surface area contributed by atoms with E-state index in [4.69, 9.17) is 9.47 Å². The normalized spacial score (nSPS) is 25.7. The highest BCUT2D eigenvalue weighted by Crippen LogP contribution is 2.31. The van der Waals surface area contributed by atoms with Crippen molar-refractivity contribution >= 4 is 17.4 Å². The number of hydrogen-bond acceptors (Lipinski definition) is 3. The Bertz CT molecular complexity index is 550. The number of ether oxygens (including phenoxy) is 2. The molecule has 4 nitrogen and oxygen atoms in total. The molecular weight excluding hydrogens is 266 g/mol. The van der Waals surface area contributed by atoms with Crippen molar-refractivity contribution < 1.29 is 14.3 Å². The topological polar surface area (TPSA) is 38.8 Å². The third kappa shape index (κ3) is 2.68. The summed E-state index contributed by atoms with van der Waals surface area (Å²) in [5.74, 6) is 0. The summed E-state index contributed by atoms with van der Waals surface area (Å²) in [7, 11) is 1.55. The molecule has 1 amide bonds. The molecule has 1 fully saturated rings. The van der Waals surface area contributed by atoms with Gasteiger partial charge in [-0.3, -0.25) is 4.90 Å². The van der Waals surface area contributed by atoms with Crippen molar-refractivity contribution in [3.8, 4) is 0 Å². The third-order valence-electron chi connectivity index (χ3n) is 4.25. The van der Waals surface area contributed by atoms with Crippen LogP contribution in [0.25, 0.3) is 5.57 Å². The molecule has 2 aliphatic rings. The predicted octanol–water partition coefficient (Wildman–Crippen LogP) is 3.96. The van der Waals surface area contributed by atoms with Crippen molar-refractivity contribution in [1.82, 2.24) is 0 Å². The molecule has 21 heavy (non-hydrogen) atoms. The second-order valence-corrected chi connectivity index (χ2v) is 5.62. The van der Waals surface area contributed by atoms with Gasteiger partial charge in [-0.15, -0.1) is 0 Å². The number of rotatable bonds is 3. The van der Waals surface area contributed by atoms with E-state index in [1.165, 1.54) is 30.4 Å². The van der Waals surface area contributed by atoms with Crippen LogP contribution in [0.3, 0.4) is 0 Å². The fourth-order valence-corrected chi connectivity index (χ4v) is 3.06. The lowest BCUT2D eigenvalue weighted by Crippen LogP contribution is -2.34. The Morgan fingerprint density at radius 2 is 2.00 bits per heavy atom. The molecule has 1 aromatic rings. The molecule has 1 saturated heterocycles. The van der Waals surface area contributed by atoms with Crippen molar-refractivity contribution in [2.45, 2.75) is 44.9 Å². The van der Waals surface area contributed by atoms with Crippen LogP contribution >= 0.6 is 0 Å². The molecule has 1 heterocycles. The van der Waals surface area contributed by atoms with Gasteiger partial charge in [-0.2, -0.15) is 0 Å². The molecule has 1 aromatic carbocycles. The second-order valence-electron chi connectivity index (χ2n) is 5.62. The predicted molar refractivity (Wildman–Crippen MR) is 82.1 cm³/mol. The van der Waals surface area contributed by atoms with Crippen molar-refractivity contribution in [3.63, 3.8) is 0 Å². The highest BCUT2D eigenvalue weighted by atomic mass is 16.7. The standard InChI is InChI=1S/C17H21NO3/c1-12-16(20-2)21-17(19)18(12)15-10-8-14(9-11-15)13-6-4-3-5-7-13/h6,8-12,16H,3-5,7H2,1-2H3. The number of hydrogen-bond donors (Lipinski definition) is 0. The Balaban J connectivity index is 1.81. The van der Waals surface area contributed by atoms with Gasteiger partial charge >= 0.3 is 6.09 Å². The maximum absolute atomic E-state index is 12.0. The van der Waals surface area contributed by atoms with E-state index >= 15 is 0 Å². The summed E-state index contributed by atoms with van der Waals surface area (Å²) < 4.78 is 10.4. The van der Waals surface area contributed by atoms with Gasteiger partial charge in [-0.25, -0.2) is 4.79 Å². The minimum atomic E-state index is -0.502. The molecule has 0 bridgehead atoms. The average molecular weight is 287 g/mol. The number of carbonyl (C=O) groups is 1. The summed E-state index contributed by atoms with van der Waals surface area (Å²) in [5.41, 5.74) is 3.52. The fraction of sp³-hybridized carbons (Fsp3) is 0.471. The fourth-order valence-electron chi connectivity index (χ4n) is 3.06. The molecule has 0 aromatic heterocycles. The Morgan fingerprint density at radius 3 is 2.57 bits per heavy atom. The van der Waals surface area contributed by atoms with Gasteiger partial charge in [0.05, 0.1) is 0 Å². The van der Waals surface area contributed by atoms with Crippen molar-refractivity contribution in [3.05, 3.63) is 35.9 Å². The maximum atomic E-state index is 12.0. The average Bonchev–Trinajstić information content (AvgIpc) is 2.82. The summed E-state index contributed by atoms with van der Waals surface area (Å²) >= 11 is 0. The van der Waals surface area contributed by atoms with Crippen LogP contribution in [0.4, 0.5) is 10.5 Å². The largest absolute Gasteiger partial charge is 0.417 e. The van der Waals surface area contributed by atoms with E-state index in [2.05, 4.69) is 18.2 Å². The SMILES string of the molecule is COC1OC(=O)N(c2ccc(C3=CCCCC3)cc2)C1C. The van der Waals surface area contributed by atoms with Crippen LogP contribution in [0.15, 0.2) is 30.3 Å². The molecule has 2 unspecified atom stereocenters. The first-order valence-electron chi connectivity index (χ1n) is 7.53. The number of anilines is 1. The van der Waals surface area contributed by atoms with Crippen LogP contribution in [0, 0.1) is 0 Å². The second kappa shape index (κ2) is 5.90. The monoisotopic (exact) mass is 287 g/mol. The zero-order valence-electron chi connectivity index (χ0n) is 12.5. The van der Waals surface area contributed by atoms with Gasteiger partial charge in [0, 0.05) is 12.8 Å². The van der Waals surface area contributed by atoms with Crippen molar-refractivity contribution in [1.29, 1.82) is 0 Å². The number of nitrogens with zero attached hydrogens (tertiary/aromatic N) is 1. The lowest BCUT2D eigenvalue weighted by molar-refractivity contribution is -0.0640. The van der Waals surface area contributed by atoms with Crippen LogP contribution < -0.4 is 4.90 Å². The molecule has 0 N–H and O–H groups in total. The van der Waals surface area contributed by atoms with Crippen LogP contribution in [0.5, 0.6) is 0 Å². The molecule has 0 spiro atoms. The molecule has 0 radical (unpaired) electrons. The number of cyclic esters (lactones) is 1. The van der Waals surface area contributed by atoms with E-state index in [0.717, 1.165) is 12.1 Å². The Kier molecular flexibility index (Phi) is 3.97. The van der Waals surface area contributed by atoms with Crippen molar-refractivity contribution in [2.75, 3.05) is 12.0 Å². The Hall–Kier alpha value is -1.81. The van der Waals surface area contributed by atoms with Gasteiger partial charge in [0.25, 0.3) is 0 Å². The number of allylic oxidation sites excluding steroid dienone is 2. The van der Waals surface area contributed by atoms with Crippen molar-refractivity contribution in [2.24, 2.45) is 0 Å². The summed E-state index contributed by atoms with van der Waals surface area (Å²) in [6.07, 6.45) is 6.34. The van der Waals surface area contributed by atoms with E-state index in [1.807, 2.05) is 19.1 Å². The summed E-state index contributed by atoms with van der Waals surface area (Å²) in [5, 5.41) is 0. The lowest BCUT2D eigenvalue weighted by Gasteiger charge is -2.20. The highest BCUT2D eigenvalue weighted by Gasteiger charge is 2.39. The quantitative estimate of drug-likeness (QED) is 0.844. The first-order valence-corrected chi connectivity index (χ1v) is 7.53. The molecule has 1 aliphatic heterocycles. The first-order chi connectivity index (χ1) is 10.2. The Morgan fingerprint density at radius 1 is 1.24 bits per heavy atom. The molecule has 2 atom stereocenters. The smallest absolute Gasteiger partial charge is 0.417 e. The van der Waals surface area contributed by atoms with Gasteiger partial charge in [-0.05, 0) is 55.9 Å². The maximum Gasteiger partial charge on any atom is 0.417 e. The van der Waals surface area contributed by atoms with E-state index in [9.17, 15) is 4.79 Å². The zero-order valence-corrected chi connectivity index (χ0v) is 12.5. The highest BCUT2D eigenvalue weighted by molar-refractivity contribution is 5.90. The van der Waals surface area contributed by atoms with Crippen LogP contribution in [-0.2, 0) is 9.47 Å². The number of methoxy groups -OCH3 is 1. The van der Waals surface area contributed by atoms with Gasteiger partial charge < -0.3 is 9.47 Å². The third-order valence-corrected chi connectivity index (χ3v) is 4.25. The van der Waals surface area contributed by atoms with Crippen LogP contribution in [0.2, 0.25) is 0 Å². The first kappa shape index (κ1) is 14.1. The Labute approximate surface area is 125 Å². The number of amides is 1. The molecular formula is C17H21NO3. The van der Waals surface area contributed by atoms with E-state index in [-0.39, 0.29) is 12.1 Å². The number of benzene rings is 1.